The molecule has 0 amide bonds. The molecule has 0 aromatic heterocycles. The minimum Gasteiger partial charge on any atom is -0.493 e. The molecule has 6 nitrogen and oxygen atoms in total. The summed E-state index contributed by atoms with van der Waals surface area (Å²) in [4.78, 5) is 46.0. The lowest BCUT2D eigenvalue weighted by molar-refractivity contribution is 0.0665. The van der Waals surface area contributed by atoms with Crippen LogP contribution in [0.5, 0.6) is 11.5 Å². The van der Waals surface area contributed by atoms with Crippen LogP contribution in [0.4, 0.5) is 10.1 Å². The van der Waals surface area contributed by atoms with E-state index in [2.05, 4.69) is 0 Å². The fraction of sp³-hybridized carbons (Fsp3) is 0.171. The number of hydrogen-bond acceptors (Lipinski definition) is 6. The highest BCUT2D eigenvalue weighted by molar-refractivity contribution is 6.32. The number of carbonyl (C=O) groups is 3. The number of carbonyl (C=O) groups excluding carboxylic acids is 3. The molecule has 3 atom stereocenters. The smallest absolute Gasteiger partial charge is 0.185 e. The van der Waals surface area contributed by atoms with Crippen molar-refractivity contribution in [2.24, 2.45) is 5.41 Å². The zero-order valence-electron chi connectivity index (χ0n) is 23.2. The van der Waals surface area contributed by atoms with Gasteiger partial charge in [-0.25, -0.2) is 4.39 Å². The quantitative estimate of drug-likeness (QED) is 0.187. The number of ether oxygens (including phenoxy) is 2. The van der Waals surface area contributed by atoms with Crippen molar-refractivity contribution < 1.29 is 28.2 Å². The standard InChI is InChI=1S/C35H25ClFNO5/c1-42-27-15-9-21(18-28(27)43-2)30-31(32(39)19-7-12-23(37)13-8-19)38-26-14-11-22(36)17-20(26)10-16-29(38)35(30)33(40)24-5-3-4-6-25(24)34(35)41/h3-18,29-31H,1-2H3/t29-,30-,31+/m0/s1. The highest BCUT2D eigenvalue weighted by Gasteiger charge is 2.71. The van der Waals surface area contributed by atoms with Crippen LogP contribution in [0.2, 0.25) is 5.02 Å². The van der Waals surface area contributed by atoms with Gasteiger partial charge in [0.15, 0.2) is 28.8 Å². The molecule has 0 radical (unpaired) electrons. The van der Waals surface area contributed by atoms with Crippen LogP contribution in [0, 0.1) is 11.2 Å². The van der Waals surface area contributed by atoms with Gasteiger partial charge in [-0.05, 0) is 65.7 Å². The molecule has 43 heavy (non-hydrogen) atoms. The van der Waals surface area contributed by atoms with Gasteiger partial charge in [-0.15, -0.1) is 0 Å². The van der Waals surface area contributed by atoms with Gasteiger partial charge in [-0.2, -0.15) is 0 Å². The van der Waals surface area contributed by atoms with Gasteiger partial charge < -0.3 is 14.4 Å². The Bertz CT molecular complexity index is 1830. The Morgan fingerprint density at radius 1 is 0.860 bits per heavy atom. The molecule has 4 aromatic carbocycles. The second-order valence-corrected chi connectivity index (χ2v) is 11.3. The third-order valence-electron chi connectivity index (χ3n) is 8.93. The average molecular weight is 594 g/mol. The Kier molecular flexibility index (Phi) is 6.25. The molecule has 214 valence electrons. The maximum Gasteiger partial charge on any atom is 0.185 e. The Morgan fingerprint density at radius 2 is 1.53 bits per heavy atom. The van der Waals surface area contributed by atoms with E-state index in [1.807, 2.05) is 17.1 Å². The molecule has 0 saturated carbocycles. The second kappa shape index (κ2) is 9.92. The minimum atomic E-state index is -1.68. The third kappa shape index (κ3) is 3.74. The van der Waals surface area contributed by atoms with Crippen molar-refractivity contribution >= 4 is 40.7 Å². The summed E-state index contributed by atoms with van der Waals surface area (Å²) in [6.07, 6.45) is 3.68. The summed E-state index contributed by atoms with van der Waals surface area (Å²) >= 11 is 6.35. The first-order chi connectivity index (χ1) is 20.8. The van der Waals surface area contributed by atoms with Crippen LogP contribution >= 0.6 is 11.6 Å². The van der Waals surface area contributed by atoms with E-state index >= 15 is 0 Å². The fourth-order valence-electron chi connectivity index (χ4n) is 7.15. The first-order valence-corrected chi connectivity index (χ1v) is 14.2. The summed E-state index contributed by atoms with van der Waals surface area (Å²) < 4.78 is 25.1. The van der Waals surface area contributed by atoms with E-state index in [9.17, 15) is 18.8 Å². The minimum absolute atomic E-state index is 0.258. The monoisotopic (exact) mass is 593 g/mol. The van der Waals surface area contributed by atoms with Gasteiger partial charge in [0.1, 0.15) is 17.3 Å². The molecule has 0 bridgehead atoms. The average Bonchev–Trinajstić information content (AvgIpc) is 3.46. The first-order valence-electron chi connectivity index (χ1n) is 13.8. The van der Waals surface area contributed by atoms with Crippen molar-refractivity contribution in [2.75, 3.05) is 19.1 Å². The van der Waals surface area contributed by atoms with Crippen molar-refractivity contribution in [2.45, 2.75) is 18.0 Å². The molecule has 1 spiro atoms. The van der Waals surface area contributed by atoms with Gasteiger partial charge in [0.05, 0.1) is 20.3 Å². The van der Waals surface area contributed by atoms with Crippen LogP contribution in [0.25, 0.3) is 6.08 Å². The van der Waals surface area contributed by atoms with Gasteiger partial charge in [0.2, 0.25) is 0 Å². The zero-order chi connectivity index (χ0) is 30.0. The highest BCUT2D eigenvalue weighted by atomic mass is 35.5. The second-order valence-electron chi connectivity index (χ2n) is 10.9. The number of Topliss-reactive ketones (excluding diaryl/α,β-unsaturated/α-hetero) is 3. The number of methoxy groups -OCH3 is 2. The summed E-state index contributed by atoms with van der Waals surface area (Å²) in [5, 5.41) is 0.508. The molecule has 3 aliphatic rings. The summed E-state index contributed by atoms with van der Waals surface area (Å²) in [6, 6.07) is 20.8. The predicted molar refractivity (Wildman–Crippen MR) is 161 cm³/mol. The lowest BCUT2D eigenvalue weighted by Crippen LogP contribution is -2.48. The van der Waals surface area contributed by atoms with Crippen molar-refractivity contribution in [3.8, 4) is 11.5 Å². The highest BCUT2D eigenvalue weighted by Crippen LogP contribution is 2.61. The number of ketones is 3. The van der Waals surface area contributed by atoms with Crippen LogP contribution < -0.4 is 14.4 Å². The number of nitrogens with zero attached hydrogens (tertiary/aromatic N) is 1. The molecule has 1 aliphatic carbocycles. The summed E-state index contributed by atoms with van der Waals surface area (Å²) in [7, 11) is 3.02. The van der Waals surface area contributed by atoms with Crippen LogP contribution in [0.3, 0.4) is 0 Å². The molecule has 4 aromatic rings. The Balaban J connectivity index is 1.55. The number of rotatable bonds is 5. The van der Waals surface area contributed by atoms with Crippen LogP contribution in [0.15, 0.2) is 91.0 Å². The SMILES string of the molecule is COc1ccc([C@H]2[C@H](C(=O)c3ccc(F)cc3)N3c4ccc(Cl)cc4C=C[C@H]3C23C(=O)c2ccccc2C3=O)cc1OC. The number of halogens is 2. The van der Waals surface area contributed by atoms with Gasteiger partial charge in [-0.1, -0.05) is 54.1 Å². The van der Waals surface area contributed by atoms with Gasteiger partial charge in [0.25, 0.3) is 0 Å². The molecule has 8 heteroatoms. The molecule has 1 fully saturated rings. The molecular formula is C35H25ClFNO5. The van der Waals surface area contributed by atoms with E-state index in [1.54, 1.807) is 60.7 Å². The van der Waals surface area contributed by atoms with E-state index in [0.29, 0.717) is 38.9 Å². The van der Waals surface area contributed by atoms with Crippen molar-refractivity contribution in [1.82, 2.24) is 0 Å². The fourth-order valence-corrected chi connectivity index (χ4v) is 7.33. The van der Waals surface area contributed by atoms with Crippen LogP contribution in [-0.2, 0) is 0 Å². The van der Waals surface area contributed by atoms with E-state index in [0.717, 1.165) is 5.56 Å². The lowest BCUT2D eigenvalue weighted by atomic mass is 9.64. The van der Waals surface area contributed by atoms with Crippen molar-refractivity contribution in [1.29, 1.82) is 0 Å². The molecule has 0 unspecified atom stereocenters. The summed E-state index contributed by atoms with van der Waals surface area (Å²) in [5.41, 5.74) is 1.19. The maximum absolute atomic E-state index is 14.7. The normalized spacial score (nSPS) is 21.0. The molecule has 2 aliphatic heterocycles. The van der Waals surface area contributed by atoms with Gasteiger partial charge in [-0.3, -0.25) is 14.4 Å². The zero-order valence-corrected chi connectivity index (χ0v) is 24.0. The number of benzene rings is 4. The van der Waals surface area contributed by atoms with Crippen LogP contribution in [0.1, 0.15) is 48.1 Å². The maximum atomic E-state index is 14.7. The number of anilines is 1. The summed E-state index contributed by atoms with van der Waals surface area (Å²) in [6.45, 7) is 0. The Morgan fingerprint density at radius 3 is 2.19 bits per heavy atom. The molecule has 7 rings (SSSR count). The third-order valence-corrected chi connectivity index (χ3v) is 9.16. The Labute approximate surface area is 252 Å². The molecular weight excluding hydrogens is 569 g/mol. The van der Waals surface area contributed by atoms with E-state index in [-0.39, 0.29) is 22.9 Å². The van der Waals surface area contributed by atoms with E-state index < -0.39 is 29.2 Å². The first kappa shape index (κ1) is 27.1. The summed E-state index contributed by atoms with van der Waals surface area (Å²) in [5.74, 6) is -1.62. The van der Waals surface area contributed by atoms with Crippen molar-refractivity contribution in [3.05, 3.63) is 130 Å². The molecule has 2 heterocycles. The molecule has 1 saturated heterocycles. The van der Waals surface area contributed by atoms with Gasteiger partial charge in [0, 0.05) is 33.3 Å². The van der Waals surface area contributed by atoms with E-state index in [1.165, 1.54) is 38.5 Å². The largest absolute Gasteiger partial charge is 0.493 e. The lowest BCUT2D eigenvalue weighted by Gasteiger charge is -2.37. The number of hydrogen-bond donors (Lipinski definition) is 0. The van der Waals surface area contributed by atoms with Gasteiger partial charge >= 0.3 is 0 Å². The molecule has 0 N–H and O–H groups in total. The number of fused-ring (bicyclic) bond motifs is 5. The predicted octanol–water partition coefficient (Wildman–Crippen LogP) is 6.81. The Hall–Kier alpha value is -4.75. The van der Waals surface area contributed by atoms with E-state index in [4.69, 9.17) is 21.1 Å². The van der Waals surface area contributed by atoms with Crippen LogP contribution in [-0.4, -0.2) is 43.7 Å². The van der Waals surface area contributed by atoms with Crippen molar-refractivity contribution in [3.63, 3.8) is 0 Å². The topological polar surface area (TPSA) is 72.9 Å².